The average molecular weight is 260 g/mol. The predicted octanol–water partition coefficient (Wildman–Crippen LogP) is 2.93. The summed E-state index contributed by atoms with van der Waals surface area (Å²) < 4.78 is 24.5. The van der Waals surface area contributed by atoms with Crippen LogP contribution in [0.15, 0.2) is 0 Å². The Morgan fingerprint density at radius 3 is 3.00 bits per heavy atom. The van der Waals surface area contributed by atoms with Gasteiger partial charge in [-0.25, -0.2) is 0 Å². The summed E-state index contributed by atoms with van der Waals surface area (Å²) in [5.41, 5.74) is 0. The van der Waals surface area contributed by atoms with Crippen LogP contribution >= 0.6 is 8.38 Å². The molecular weight excluding hydrogens is 237 g/mol. The van der Waals surface area contributed by atoms with E-state index in [0.717, 1.165) is 0 Å². The molecular formula is C12H22NO3P. The maximum atomic E-state index is 8.45. The molecule has 1 saturated heterocycles. The molecule has 0 spiro atoms. The quantitative estimate of drug-likeness (QED) is 0.563. The van der Waals surface area contributed by atoms with Crippen LogP contribution in [-0.4, -0.2) is 32.1 Å². The third kappa shape index (κ3) is 4.52. The smallest absolute Gasteiger partial charge is 0.167 e. The van der Waals surface area contributed by atoms with Crippen molar-refractivity contribution in [2.24, 2.45) is 11.8 Å². The summed E-state index contributed by atoms with van der Waals surface area (Å²) in [4.78, 5) is 0. The van der Waals surface area contributed by atoms with Gasteiger partial charge in [-0.15, -0.1) is 0 Å². The molecule has 0 saturated carbocycles. The van der Waals surface area contributed by atoms with Crippen molar-refractivity contribution in [1.82, 2.24) is 0 Å². The van der Waals surface area contributed by atoms with Gasteiger partial charge in [-0.05, 0) is 18.7 Å². The number of hydrogen-bond donors (Lipinski definition) is 0. The van der Waals surface area contributed by atoms with Gasteiger partial charge in [0.15, 0.2) is 8.38 Å². The van der Waals surface area contributed by atoms with Crippen LogP contribution in [0.2, 0.25) is 0 Å². The second kappa shape index (κ2) is 7.28. The average Bonchev–Trinajstić information content (AvgIpc) is 2.36. The van der Waals surface area contributed by atoms with Gasteiger partial charge < -0.3 is 13.8 Å². The van der Waals surface area contributed by atoms with E-state index in [1.54, 1.807) is 0 Å². The Morgan fingerprint density at radius 2 is 2.35 bits per heavy atom. The molecule has 0 radical (unpaired) electrons. The topological polar surface area (TPSA) is 51.5 Å². The zero-order valence-electron chi connectivity index (χ0n) is 11.8. The fourth-order valence-electron chi connectivity index (χ4n) is 1.77. The SMILES string of the molecule is [2H]C[C@H]1OC[C@@H](C)[C@H](C)[C@@H]1OP(C)OCCC#N. The van der Waals surface area contributed by atoms with Crippen LogP contribution in [0.4, 0.5) is 0 Å². The summed E-state index contributed by atoms with van der Waals surface area (Å²) in [6.07, 6.45) is 0.135. The molecule has 1 fully saturated rings. The van der Waals surface area contributed by atoms with E-state index in [0.29, 0.717) is 31.5 Å². The summed E-state index contributed by atoms with van der Waals surface area (Å²) in [7, 11) is -1.01. The van der Waals surface area contributed by atoms with Gasteiger partial charge in [0.05, 0.1) is 31.3 Å². The largest absolute Gasteiger partial charge is 0.375 e. The minimum atomic E-state index is -1.01. The Bertz CT molecular complexity index is 285. The van der Waals surface area contributed by atoms with Crippen molar-refractivity contribution in [3.05, 3.63) is 0 Å². The molecule has 1 rings (SSSR count). The lowest BCUT2D eigenvalue weighted by molar-refractivity contribution is -0.106. The molecule has 1 aliphatic heterocycles. The highest BCUT2D eigenvalue weighted by molar-refractivity contribution is 7.46. The first-order chi connectivity index (χ1) is 8.60. The summed E-state index contributed by atoms with van der Waals surface area (Å²) in [5.74, 6) is 0.791. The van der Waals surface area contributed by atoms with E-state index in [2.05, 4.69) is 13.8 Å². The van der Waals surface area contributed by atoms with Gasteiger partial charge in [0.1, 0.15) is 0 Å². The molecule has 4 nitrogen and oxygen atoms in total. The number of ether oxygens (including phenoxy) is 1. The minimum Gasteiger partial charge on any atom is -0.375 e. The number of nitriles is 1. The van der Waals surface area contributed by atoms with Crippen LogP contribution < -0.4 is 0 Å². The molecule has 1 unspecified atom stereocenters. The molecule has 0 bridgehead atoms. The third-order valence-electron chi connectivity index (χ3n) is 3.11. The van der Waals surface area contributed by atoms with Crippen LogP contribution in [0.1, 0.15) is 28.5 Å². The highest BCUT2D eigenvalue weighted by Crippen LogP contribution is 2.41. The lowest BCUT2D eigenvalue weighted by Gasteiger charge is -2.39. The van der Waals surface area contributed by atoms with E-state index in [1.165, 1.54) is 0 Å². The molecule has 0 amide bonds. The van der Waals surface area contributed by atoms with Crippen molar-refractivity contribution in [2.45, 2.75) is 39.4 Å². The van der Waals surface area contributed by atoms with Crippen molar-refractivity contribution in [3.63, 3.8) is 0 Å². The highest BCUT2D eigenvalue weighted by atomic mass is 31.2. The summed E-state index contributed by atoms with van der Waals surface area (Å²) >= 11 is 0. The van der Waals surface area contributed by atoms with E-state index < -0.39 is 8.38 Å². The Kier molecular flexibility index (Phi) is 5.67. The molecule has 0 aliphatic carbocycles. The maximum absolute atomic E-state index is 8.45. The van der Waals surface area contributed by atoms with Crippen LogP contribution in [0, 0.1) is 23.2 Å². The van der Waals surface area contributed by atoms with Crippen LogP contribution in [0.5, 0.6) is 0 Å². The number of rotatable bonds is 5. The second-order valence-corrected chi connectivity index (χ2v) is 5.81. The predicted molar refractivity (Wildman–Crippen MR) is 67.6 cm³/mol. The van der Waals surface area contributed by atoms with Crippen LogP contribution in [-0.2, 0) is 13.8 Å². The first-order valence-corrected chi connectivity index (χ1v) is 7.53. The van der Waals surface area contributed by atoms with Crippen molar-refractivity contribution >= 4 is 8.38 Å². The normalized spacial score (nSPS) is 36.0. The molecule has 5 heteroatoms. The maximum Gasteiger partial charge on any atom is 0.167 e. The van der Waals surface area contributed by atoms with Gasteiger partial charge >= 0.3 is 0 Å². The zero-order valence-corrected chi connectivity index (χ0v) is 11.7. The standard InChI is InChI=1S/C12H22NO3P/c1-9-8-14-11(3)12(10(9)2)16-17(4)15-7-5-6-13/h9-12H,5,7-8H2,1-4H3/t9-,10+,11-,12+,17?/m1/s1/i3D. The lowest BCUT2D eigenvalue weighted by atomic mass is 9.86. The number of hydrogen-bond acceptors (Lipinski definition) is 4. The molecule has 1 aliphatic rings. The Labute approximate surface area is 107 Å². The van der Waals surface area contributed by atoms with Crippen molar-refractivity contribution in [1.29, 1.82) is 5.26 Å². The molecule has 0 aromatic rings. The van der Waals surface area contributed by atoms with E-state index in [4.69, 9.17) is 20.4 Å². The highest BCUT2D eigenvalue weighted by Gasteiger charge is 2.35. The fourth-order valence-corrected chi connectivity index (χ4v) is 2.85. The monoisotopic (exact) mass is 260 g/mol. The summed E-state index contributed by atoms with van der Waals surface area (Å²) in [5, 5.41) is 8.45. The van der Waals surface area contributed by atoms with Crippen molar-refractivity contribution < 1.29 is 15.2 Å². The van der Waals surface area contributed by atoms with Crippen LogP contribution in [0.3, 0.4) is 0 Å². The Morgan fingerprint density at radius 1 is 1.59 bits per heavy atom. The number of nitrogens with zero attached hydrogens (tertiary/aromatic N) is 1. The van der Waals surface area contributed by atoms with E-state index in [9.17, 15) is 0 Å². The van der Waals surface area contributed by atoms with Gasteiger partial charge in [-0.3, -0.25) is 0 Å². The van der Waals surface area contributed by atoms with Crippen LogP contribution in [0.25, 0.3) is 0 Å². The molecule has 0 aromatic heterocycles. The molecule has 1 heterocycles. The van der Waals surface area contributed by atoms with Gasteiger partial charge in [-0.2, -0.15) is 5.26 Å². The lowest BCUT2D eigenvalue weighted by Crippen LogP contribution is -2.43. The van der Waals surface area contributed by atoms with Crippen molar-refractivity contribution in [2.75, 3.05) is 19.9 Å². The van der Waals surface area contributed by atoms with E-state index in [-0.39, 0.29) is 19.1 Å². The van der Waals surface area contributed by atoms with Crippen molar-refractivity contribution in [3.8, 4) is 6.07 Å². The molecule has 5 atom stereocenters. The zero-order chi connectivity index (χ0) is 13.5. The van der Waals surface area contributed by atoms with Gasteiger partial charge in [0.2, 0.25) is 0 Å². The molecule has 98 valence electrons. The first-order valence-electron chi connectivity index (χ1n) is 6.62. The second-order valence-electron chi connectivity index (χ2n) is 4.46. The molecule has 0 N–H and O–H groups in total. The fraction of sp³-hybridized carbons (Fsp3) is 0.917. The Hall–Kier alpha value is -0.200. The Balaban J connectivity index is 2.47. The van der Waals surface area contributed by atoms with Gasteiger partial charge in [-0.1, -0.05) is 13.8 Å². The summed E-state index contributed by atoms with van der Waals surface area (Å²) in [6.45, 7) is 7.47. The van der Waals surface area contributed by atoms with E-state index in [1.807, 2.05) is 12.7 Å². The molecule has 0 aromatic carbocycles. The van der Waals surface area contributed by atoms with Gasteiger partial charge in [0.25, 0.3) is 0 Å². The summed E-state index contributed by atoms with van der Waals surface area (Å²) in [6, 6.07) is 2.04. The molecule has 17 heavy (non-hydrogen) atoms. The first kappa shape index (κ1) is 13.2. The van der Waals surface area contributed by atoms with Gasteiger partial charge in [0, 0.05) is 14.6 Å². The minimum absolute atomic E-state index is 0.0792. The third-order valence-corrected chi connectivity index (χ3v) is 4.20. The van der Waals surface area contributed by atoms with E-state index >= 15 is 0 Å².